The minimum atomic E-state index is -0.631. The summed E-state index contributed by atoms with van der Waals surface area (Å²) < 4.78 is 36.4. The average Bonchev–Trinajstić information content (AvgIpc) is 2.95. The van der Waals surface area contributed by atoms with Crippen LogP contribution in [0, 0.1) is 17.1 Å². The Kier molecular flexibility index (Phi) is 7.85. The van der Waals surface area contributed by atoms with Crippen molar-refractivity contribution in [1.82, 2.24) is 0 Å². The molecule has 2 N–H and O–H groups in total. The highest BCUT2D eigenvalue weighted by Gasteiger charge is 2.31. The molecule has 1 aliphatic rings. The molecular formula is C31H22ClFN2O5. The number of nitrogens with zero attached hydrogens (tertiary/aromatic N) is 1. The van der Waals surface area contributed by atoms with Gasteiger partial charge in [0.2, 0.25) is 5.88 Å². The molecular weight excluding hydrogens is 535 g/mol. The second kappa shape index (κ2) is 11.8. The Labute approximate surface area is 234 Å². The number of nitrogens with two attached hydrogens (primary N) is 1. The molecule has 1 aliphatic heterocycles. The third-order valence-corrected chi connectivity index (χ3v) is 6.35. The highest BCUT2D eigenvalue weighted by Crippen LogP contribution is 2.44. The molecule has 5 rings (SSSR count). The third-order valence-electron chi connectivity index (χ3n) is 6.12. The summed E-state index contributed by atoms with van der Waals surface area (Å²) in [7, 11) is 0. The van der Waals surface area contributed by atoms with E-state index in [1.807, 2.05) is 6.07 Å². The number of ether oxygens (including phenoxy) is 4. The number of halogens is 2. The smallest absolute Gasteiger partial charge is 0.349 e. The predicted molar refractivity (Wildman–Crippen MR) is 145 cm³/mol. The van der Waals surface area contributed by atoms with E-state index in [-0.39, 0.29) is 36.2 Å². The molecule has 1 unspecified atom stereocenters. The van der Waals surface area contributed by atoms with Crippen molar-refractivity contribution in [2.75, 3.05) is 6.61 Å². The number of hydrogen-bond acceptors (Lipinski definition) is 7. The molecule has 0 amide bonds. The molecule has 9 heteroatoms. The summed E-state index contributed by atoms with van der Waals surface area (Å²) in [4.78, 5) is 12.4. The van der Waals surface area contributed by atoms with Gasteiger partial charge in [-0.1, -0.05) is 54.1 Å². The van der Waals surface area contributed by atoms with Gasteiger partial charge in [0.25, 0.3) is 0 Å². The minimum absolute atomic E-state index is 0.0410. The summed E-state index contributed by atoms with van der Waals surface area (Å²) in [5.41, 5.74) is 8.13. The number of nitriles is 1. The predicted octanol–water partition coefficient (Wildman–Crippen LogP) is 6.26. The van der Waals surface area contributed by atoms with Gasteiger partial charge in [0.05, 0.1) is 5.92 Å². The maximum atomic E-state index is 14.0. The summed E-state index contributed by atoms with van der Waals surface area (Å²) in [5.74, 6) is -0.141. The van der Waals surface area contributed by atoms with Gasteiger partial charge in [0.15, 0.2) is 6.61 Å². The van der Waals surface area contributed by atoms with Gasteiger partial charge in [0, 0.05) is 22.2 Å². The molecule has 40 heavy (non-hydrogen) atoms. The van der Waals surface area contributed by atoms with E-state index in [1.54, 1.807) is 72.8 Å². The van der Waals surface area contributed by atoms with Gasteiger partial charge < -0.3 is 24.7 Å². The van der Waals surface area contributed by atoms with E-state index >= 15 is 0 Å². The van der Waals surface area contributed by atoms with E-state index in [0.29, 0.717) is 33.4 Å². The van der Waals surface area contributed by atoms with Gasteiger partial charge in [-0.25, -0.2) is 9.18 Å². The van der Waals surface area contributed by atoms with Crippen molar-refractivity contribution in [3.63, 3.8) is 0 Å². The first-order chi connectivity index (χ1) is 19.4. The van der Waals surface area contributed by atoms with Gasteiger partial charge >= 0.3 is 5.97 Å². The molecule has 0 radical (unpaired) electrons. The van der Waals surface area contributed by atoms with Crippen molar-refractivity contribution >= 4 is 17.6 Å². The third kappa shape index (κ3) is 6.01. The lowest BCUT2D eigenvalue weighted by Crippen LogP contribution is -2.21. The average molecular weight is 557 g/mol. The first kappa shape index (κ1) is 26.6. The van der Waals surface area contributed by atoms with Crippen LogP contribution in [0.15, 0.2) is 102 Å². The molecule has 0 aliphatic carbocycles. The Morgan fingerprint density at radius 1 is 0.950 bits per heavy atom. The van der Waals surface area contributed by atoms with E-state index < -0.39 is 11.9 Å². The Morgan fingerprint density at radius 3 is 2.50 bits per heavy atom. The number of allylic oxidation sites excluding steroid dienone is 1. The van der Waals surface area contributed by atoms with Gasteiger partial charge in [-0.15, -0.1) is 0 Å². The molecule has 200 valence electrons. The highest BCUT2D eigenvalue weighted by molar-refractivity contribution is 6.30. The molecule has 0 fully saturated rings. The van der Waals surface area contributed by atoms with E-state index in [0.717, 1.165) is 5.56 Å². The fourth-order valence-corrected chi connectivity index (χ4v) is 4.44. The lowest BCUT2D eigenvalue weighted by atomic mass is 9.83. The Morgan fingerprint density at radius 2 is 1.73 bits per heavy atom. The number of carbonyl (C=O) groups is 1. The molecule has 7 nitrogen and oxygen atoms in total. The van der Waals surface area contributed by atoms with Crippen LogP contribution in [0.2, 0.25) is 5.02 Å². The first-order valence-electron chi connectivity index (χ1n) is 12.2. The number of benzene rings is 4. The largest absolute Gasteiger partial charge is 0.489 e. The van der Waals surface area contributed by atoms with Crippen LogP contribution in [-0.4, -0.2) is 12.6 Å². The van der Waals surface area contributed by atoms with Crippen LogP contribution >= 0.6 is 11.6 Å². The van der Waals surface area contributed by atoms with Gasteiger partial charge in [-0.2, -0.15) is 5.26 Å². The number of carbonyl (C=O) groups excluding carboxylic acids is 1. The van der Waals surface area contributed by atoms with Crippen molar-refractivity contribution in [2.45, 2.75) is 12.5 Å². The van der Waals surface area contributed by atoms with E-state index in [1.165, 1.54) is 12.1 Å². The molecule has 0 bridgehead atoms. The lowest BCUT2D eigenvalue weighted by molar-refractivity contribution is -0.136. The number of hydrogen-bond donors (Lipinski definition) is 1. The molecule has 0 spiro atoms. The Balaban J connectivity index is 1.34. The monoisotopic (exact) mass is 556 g/mol. The minimum Gasteiger partial charge on any atom is -0.489 e. The van der Waals surface area contributed by atoms with Crippen LogP contribution in [0.5, 0.6) is 23.0 Å². The van der Waals surface area contributed by atoms with Gasteiger partial charge in [-0.3, -0.25) is 0 Å². The van der Waals surface area contributed by atoms with Crippen molar-refractivity contribution in [1.29, 1.82) is 5.26 Å². The molecule has 4 aromatic rings. The Bertz CT molecular complexity index is 1650. The van der Waals surface area contributed by atoms with Gasteiger partial charge in [-0.05, 0) is 48.0 Å². The Hall–Kier alpha value is -5.00. The molecule has 0 saturated heterocycles. The van der Waals surface area contributed by atoms with Crippen LogP contribution < -0.4 is 24.7 Å². The fourth-order valence-electron chi connectivity index (χ4n) is 4.26. The van der Waals surface area contributed by atoms with Crippen molar-refractivity contribution in [3.8, 4) is 29.1 Å². The molecule has 4 aromatic carbocycles. The van der Waals surface area contributed by atoms with Crippen LogP contribution in [0.4, 0.5) is 4.39 Å². The zero-order valence-corrected chi connectivity index (χ0v) is 21.7. The number of esters is 1. The normalized spacial score (nSPS) is 14.0. The highest BCUT2D eigenvalue weighted by atomic mass is 35.5. The van der Waals surface area contributed by atoms with Crippen LogP contribution in [0.1, 0.15) is 22.6 Å². The summed E-state index contributed by atoms with van der Waals surface area (Å²) in [6.07, 6.45) is 0. The fraction of sp³-hybridized carbons (Fsp3) is 0.0968. The first-order valence-corrected chi connectivity index (χ1v) is 12.6. The van der Waals surface area contributed by atoms with E-state index in [2.05, 4.69) is 6.07 Å². The molecule has 1 heterocycles. The quantitative estimate of drug-likeness (QED) is 0.202. The van der Waals surface area contributed by atoms with Crippen molar-refractivity contribution < 1.29 is 28.1 Å². The maximum Gasteiger partial charge on any atom is 0.349 e. The zero-order chi connectivity index (χ0) is 28.1. The molecule has 0 aromatic heterocycles. The molecule has 0 saturated carbocycles. The topological polar surface area (TPSA) is 104 Å². The standard InChI is InChI=1S/C31H22ClFN2O5/c32-21-7-4-9-23(14-21)38-18-29(36)39-24-11-12-25-28(15-24)40-31(35)26(16-34)30(25)19-6-3-8-22(13-19)37-17-20-5-1-2-10-27(20)33/h1-15,30H,17-18,35H2. The molecule has 1 atom stereocenters. The summed E-state index contributed by atoms with van der Waals surface area (Å²) in [5, 5.41) is 10.4. The van der Waals surface area contributed by atoms with Crippen LogP contribution in [0.25, 0.3) is 0 Å². The summed E-state index contributed by atoms with van der Waals surface area (Å²) in [6.45, 7) is -0.291. The van der Waals surface area contributed by atoms with Crippen molar-refractivity contribution in [2.24, 2.45) is 5.73 Å². The second-order valence-electron chi connectivity index (χ2n) is 8.80. The van der Waals surface area contributed by atoms with E-state index in [4.69, 9.17) is 36.3 Å². The SMILES string of the molecule is N#CC1=C(N)Oc2cc(OC(=O)COc3cccc(Cl)c3)ccc2C1c1cccc(OCc2ccccc2F)c1. The zero-order valence-electron chi connectivity index (χ0n) is 21.0. The van der Waals surface area contributed by atoms with Crippen LogP contribution in [0.3, 0.4) is 0 Å². The van der Waals surface area contributed by atoms with Crippen molar-refractivity contribution in [3.05, 3.63) is 130 Å². The van der Waals surface area contributed by atoms with Crippen LogP contribution in [-0.2, 0) is 11.4 Å². The van der Waals surface area contributed by atoms with Gasteiger partial charge in [0.1, 0.15) is 47.1 Å². The van der Waals surface area contributed by atoms with E-state index in [9.17, 15) is 14.4 Å². The summed E-state index contributed by atoms with van der Waals surface area (Å²) >= 11 is 5.94. The lowest BCUT2D eigenvalue weighted by Gasteiger charge is -2.27. The maximum absolute atomic E-state index is 14.0. The second-order valence-corrected chi connectivity index (χ2v) is 9.23. The number of fused-ring (bicyclic) bond motifs is 1. The summed E-state index contributed by atoms with van der Waals surface area (Å²) in [6, 6.07) is 27.1. The number of rotatable bonds is 8.